The molecule has 0 aliphatic carbocycles. The molecule has 1 aliphatic heterocycles. The molecule has 1 aromatic rings. The number of rotatable bonds is 2. The van der Waals surface area contributed by atoms with Gasteiger partial charge in [-0.2, -0.15) is 5.10 Å². The van der Waals surface area contributed by atoms with Crippen LogP contribution in [0.25, 0.3) is 0 Å². The Hall–Kier alpha value is -1.03. The van der Waals surface area contributed by atoms with E-state index in [9.17, 15) is 0 Å². The molecule has 1 aliphatic rings. The van der Waals surface area contributed by atoms with E-state index in [2.05, 4.69) is 10.4 Å². The molecule has 2 rings (SSSR count). The van der Waals surface area contributed by atoms with Gasteiger partial charge in [-0.1, -0.05) is 0 Å². The molecule has 14 heavy (non-hydrogen) atoms. The van der Waals surface area contributed by atoms with E-state index >= 15 is 0 Å². The predicted molar refractivity (Wildman–Crippen MR) is 55.3 cm³/mol. The van der Waals surface area contributed by atoms with E-state index in [0.717, 1.165) is 31.7 Å². The molecule has 1 fully saturated rings. The maximum Gasteiger partial charge on any atom is 0.0728 e. The van der Waals surface area contributed by atoms with E-state index in [1.807, 2.05) is 24.1 Å². The van der Waals surface area contributed by atoms with Crippen molar-refractivity contribution in [3.05, 3.63) is 12.4 Å². The van der Waals surface area contributed by atoms with Gasteiger partial charge >= 0.3 is 0 Å². The van der Waals surface area contributed by atoms with Crippen molar-refractivity contribution in [2.24, 2.45) is 7.05 Å². The Morgan fingerprint density at radius 3 is 3.21 bits per heavy atom. The molecule has 1 atom stereocenters. The zero-order valence-electron chi connectivity index (χ0n) is 8.57. The van der Waals surface area contributed by atoms with Gasteiger partial charge in [0.15, 0.2) is 0 Å². The summed E-state index contributed by atoms with van der Waals surface area (Å²) in [6.45, 7) is 1.78. The highest BCUT2D eigenvalue weighted by Crippen LogP contribution is 2.14. The van der Waals surface area contributed by atoms with Gasteiger partial charge in [0.1, 0.15) is 0 Å². The molecular formula is C10H17N3O. The fourth-order valence-electron chi connectivity index (χ4n) is 1.78. The zero-order chi connectivity index (χ0) is 9.80. The third-order valence-corrected chi connectivity index (χ3v) is 2.53. The lowest BCUT2D eigenvalue weighted by Crippen LogP contribution is -2.19. The molecule has 1 N–H and O–H groups in total. The van der Waals surface area contributed by atoms with E-state index < -0.39 is 0 Å². The molecule has 0 aromatic carbocycles. The third kappa shape index (κ3) is 2.48. The van der Waals surface area contributed by atoms with Crippen molar-refractivity contribution in [1.29, 1.82) is 0 Å². The molecule has 4 nitrogen and oxygen atoms in total. The highest BCUT2D eigenvalue weighted by Gasteiger charge is 2.12. The first kappa shape index (κ1) is 9.52. The lowest BCUT2D eigenvalue weighted by molar-refractivity contribution is 0.144. The maximum absolute atomic E-state index is 5.41. The van der Waals surface area contributed by atoms with Gasteiger partial charge in [0.2, 0.25) is 0 Å². The molecule has 1 aromatic heterocycles. The van der Waals surface area contributed by atoms with Crippen molar-refractivity contribution in [3.63, 3.8) is 0 Å². The SMILES string of the molecule is Cn1cc(NC2CCCOCC2)cn1. The van der Waals surface area contributed by atoms with E-state index in [4.69, 9.17) is 4.74 Å². The zero-order valence-corrected chi connectivity index (χ0v) is 8.57. The molecular weight excluding hydrogens is 178 g/mol. The second kappa shape index (κ2) is 4.46. The van der Waals surface area contributed by atoms with Crippen LogP contribution in [-0.2, 0) is 11.8 Å². The molecule has 0 amide bonds. The normalized spacial score (nSPS) is 23.1. The Labute approximate surface area is 84.3 Å². The van der Waals surface area contributed by atoms with Crippen LogP contribution >= 0.6 is 0 Å². The summed E-state index contributed by atoms with van der Waals surface area (Å²) < 4.78 is 7.22. The summed E-state index contributed by atoms with van der Waals surface area (Å²) in [5, 5.41) is 7.61. The minimum absolute atomic E-state index is 0.543. The lowest BCUT2D eigenvalue weighted by Gasteiger charge is -2.14. The second-order valence-corrected chi connectivity index (χ2v) is 3.79. The fourth-order valence-corrected chi connectivity index (χ4v) is 1.78. The van der Waals surface area contributed by atoms with Gasteiger partial charge in [0.25, 0.3) is 0 Å². The third-order valence-electron chi connectivity index (χ3n) is 2.53. The highest BCUT2D eigenvalue weighted by atomic mass is 16.5. The van der Waals surface area contributed by atoms with Crippen LogP contribution < -0.4 is 5.32 Å². The van der Waals surface area contributed by atoms with Crippen molar-refractivity contribution in [1.82, 2.24) is 9.78 Å². The Morgan fingerprint density at radius 1 is 1.50 bits per heavy atom. The summed E-state index contributed by atoms with van der Waals surface area (Å²) in [6, 6.07) is 0.543. The van der Waals surface area contributed by atoms with E-state index in [0.29, 0.717) is 6.04 Å². The minimum atomic E-state index is 0.543. The van der Waals surface area contributed by atoms with Crippen LogP contribution in [0.2, 0.25) is 0 Å². The Bertz CT molecular complexity index is 277. The molecule has 1 saturated heterocycles. The average Bonchev–Trinajstić information content (AvgIpc) is 2.43. The van der Waals surface area contributed by atoms with Crippen molar-refractivity contribution < 1.29 is 4.74 Å². The largest absolute Gasteiger partial charge is 0.381 e. The first-order valence-electron chi connectivity index (χ1n) is 5.17. The van der Waals surface area contributed by atoms with Crippen LogP contribution in [0.3, 0.4) is 0 Å². The molecule has 4 heteroatoms. The molecule has 0 radical (unpaired) electrons. The van der Waals surface area contributed by atoms with Gasteiger partial charge in [-0.3, -0.25) is 4.68 Å². The van der Waals surface area contributed by atoms with Crippen LogP contribution in [0, 0.1) is 0 Å². The summed E-state index contributed by atoms with van der Waals surface area (Å²) in [5.41, 5.74) is 1.11. The lowest BCUT2D eigenvalue weighted by atomic mass is 10.1. The number of nitrogens with zero attached hydrogens (tertiary/aromatic N) is 2. The summed E-state index contributed by atoms with van der Waals surface area (Å²) in [4.78, 5) is 0. The molecule has 0 saturated carbocycles. The van der Waals surface area contributed by atoms with Crippen molar-refractivity contribution in [2.45, 2.75) is 25.3 Å². The summed E-state index contributed by atoms with van der Waals surface area (Å²) in [6.07, 6.45) is 7.30. The predicted octanol–water partition coefficient (Wildman–Crippen LogP) is 1.40. The van der Waals surface area contributed by atoms with Crippen molar-refractivity contribution >= 4 is 5.69 Å². The van der Waals surface area contributed by atoms with E-state index in [-0.39, 0.29) is 0 Å². The molecule has 0 bridgehead atoms. The first-order valence-corrected chi connectivity index (χ1v) is 5.17. The first-order chi connectivity index (χ1) is 6.84. The van der Waals surface area contributed by atoms with Gasteiger partial charge in [-0.25, -0.2) is 0 Å². The van der Waals surface area contributed by atoms with Crippen LogP contribution in [-0.4, -0.2) is 29.0 Å². The topological polar surface area (TPSA) is 39.1 Å². The van der Waals surface area contributed by atoms with Gasteiger partial charge in [-0.05, 0) is 19.3 Å². The van der Waals surface area contributed by atoms with E-state index in [1.54, 1.807) is 0 Å². The molecule has 0 spiro atoms. The Kier molecular flexibility index (Phi) is 3.03. The maximum atomic E-state index is 5.41. The van der Waals surface area contributed by atoms with Crippen LogP contribution in [0.5, 0.6) is 0 Å². The highest BCUT2D eigenvalue weighted by molar-refractivity contribution is 5.39. The Balaban J connectivity index is 1.89. The summed E-state index contributed by atoms with van der Waals surface area (Å²) in [5.74, 6) is 0. The molecule has 1 unspecified atom stereocenters. The van der Waals surface area contributed by atoms with Gasteiger partial charge in [0, 0.05) is 32.5 Å². The van der Waals surface area contributed by atoms with Crippen LogP contribution in [0.4, 0.5) is 5.69 Å². The number of hydrogen-bond donors (Lipinski definition) is 1. The number of nitrogens with one attached hydrogen (secondary N) is 1. The second-order valence-electron chi connectivity index (χ2n) is 3.79. The van der Waals surface area contributed by atoms with Crippen molar-refractivity contribution in [2.75, 3.05) is 18.5 Å². The van der Waals surface area contributed by atoms with Gasteiger partial charge in [0.05, 0.1) is 11.9 Å². The average molecular weight is 195 g/mol. The molecule has 78 valence electrons. The Morgan fingerprint density at radius 2 is 2.43 bits per heavy atom. The number of ether oxygens (including phenoxy) is 1. The fraction of sp³-hybridized carbons (Fsp3) is 0.700. The quantitative estimate of drug-likeness (QED) is 0.775. The van der Waals surface area contributed by atoms with Crippen molar-refractivity contribution in [3.8, 4) is 0 Å². The molecule has 2 heterocycles. The van der Waals surface area contributed by atoms with E-state index in [1.165, 1.54) is 6.42 Å². The number of aromatic nitrogens is 2. The number of aryl methyl sites for hydroxylation is 1. The smallest absolute Gasteiger partial charge is 0.0728 e. The minimum Gasteiger partial charge on any atom is -0.381 e. The van der Waals surface area contributed by atoms with Gasteiger partial charge in [-0.15, -0.1) is 0 Å². The monoisotopic (exact) mass is 195 g/mol. The number of anilines is 1. The standard InChI is InChI=1S/C10H17N3O/c1-13-8-10(7-11-13)12-9-3-2-5-14-6-4-9/h7-9,12H,2-6H2,1H3. The van der Waals surface area contributed by atoms with Crippen LogP contribution in [0.15, 0.2) is 12.4 Å². The van der Waals surface area contributed by atoms with Crippen LogP contribution in [0.1, 0.15) is 19.3 Å². The summed E-state index contributed by atoms with van der Waals surface area (Å²) in [7, 11) is 1.93. The summed E-state index contributed by atoms with van der Waals surface area (Å²) >= 11 is 0. The number of hydrogen-bond acceptors (Lipinski definition) is 3. The van der Waals surface area contributed by atoms with Gasteiger partial charge < -0.3 is 10.1 Å².